The van der Waals surface area contributed by atoms with Crippen molar-refractivity contribution in [1.29, 1.82) is 0 Å². The van der Waals surface area contributed by atoms with Gasteiger partial charge in [-0.25, -0.2) is 4.68 Å². The third-order valence-corrected chi connectivity index (χ3v) is 6.60. The Morgan fingerprint density at radius 1 is 1.33 bits per heavy atom. The summed E-state index contributed by atoms with van der Waals surface area (Å²) in [5.41, 5.74) is 0.495. The quantitative estimate of drug-likeness (QED) is 0.805. The maximum absolute atomic E-state index is 13.7. The van der Waals surface area contributed by atoms with Crippen molar-refractivity contribution in [3.63, 3.8) is 0 Å². The van der Waals surface area contributed by atoms with Gasteiger partial charge in [0.1, 0.15) is 5.82 Å². The van der Waals surface area contributed by atoms with Crippen molar-refractivity contribution < 1.29 is 22.8 Å². The van der Waals surface area contributed by atoms with Crippen LogP contribution in [0.25, 0.3) is 0 Å². The number of likely N-dealkylation sites (tertiary alicyclic amines) is 2. The Labute approximate surface area is 173 Å². The zero-order chi connectivity index (χ0) is 21.6. The summed E-state index contributed by atoms with van der Waals surface area (Å²) in [7, 11) is 1.68. The molecule has 4 rings (SSSR count). The fraction of sp³-hybridized carbons (Fsp3) is 0.750. The van der Waals surface area contributed by atoms with Crippen molar-refractivity contribution >= 4 is 17.6 Å². The largest absolute Gasteiger partial charge is 0.410 e. The van der Waals surface area contributed by atoms with Crippen molar-refractivity contribution in [2.24, 2.45) is 5.92 Å². The van der Waals surface area contributed by atoms with Gasteiger partial charge < -0.3 is 15.1 Å². The highest BCUT2D eigenvalue weighted by atomic mass is 19.4. The molecule has 4 atom stereocenters. The molecule has 2 amide bonds. The molecular weight excluding hydrogens is 399 g/mol. The third kappa shape index (κ3) is 3.76. The zero-order valence-corrected chi connectivity index (χ0v) is 17.3. The molecule has 10 heteroatoms. The number of nitrogens with zero attached hydrogens (tertiary/aromatic N) is 4. The van der Waals surface area contributed by atoms with Gasteiger partial charge in [-0.1, -0.05) is 6.92 Å². The highest BCUT2D eigenvalue weighted by molar-refractivity contribution is 5.89. The number of amides is 2. The predicted octanol–water partition coefficient (Wildman–Crippen LogP) is 3.11. The van der Waals surface area contributed by atoms with E-state index in [1.807, 2.05) is 6.92 Å². The Morgan fingerprint density at radius 3 is 2.73 bits per heavy atom. The van der Waals surface area contributed by atoms with Gasteiger partial charge in [0.25, 0.3) is 0 Å². The third-order valence-electron chi connectivity index (χ3n) is 6.60. The van der Waals surface area contributed by atoms with E-state index in [9.17, 15) is 22.8 Å². The number of aromatic nitrogens is 2. The second-order valence-electron chi connectivity index (χ2n) is 8.66. The van der Waals surface area contributed by atoms with Gasteiger partial charge in [0.15, 0.2) is 6.04 Å². The van der Waals surface area contributed by atoms with Gasteiger partial charge in [-0.2, -0.15) is 18.3 Å². The second-order valence-corrected chi connectivity index (χ2v) is 8.66. The molecule has 7 nitrogen and oxygen atoms in total. The molecule has 0 radical (unpaired) electrons. The monoisotopic (exact) mass is 427 g/mol. The minimum Gasteiger partial charge on any atom is -0.367 e. The van der Waals surface area contributed by atoms with E-state index in [2.05, 4.69) is 10.4 Å². The van der Waals surface area contributed by atoms with Crippen molar-refractivity contribution in [3.8, 4) is 0 Å². The molecule has 2 fully saturated rings. The fourth-order valence-electron chi connectivity index (χ4n) is 4.87. The number of nitrogens with one attached hydrogen (secondary N) is 1. The fourth-order valence-corrected chi connectivity index (χ4v) is 4.87. The van der Waals surface area contributed by atoms with E-state index in [0.29, 0.717) is 37.4 Å². The number of rotatable bonds is 3. The average Bonchev–Trinajstić information content (AvgIpc) is 3.28. The SMILES string of the molecule is CC[C@@H]1C[C@H](C(F)(F)F)n2nc([C@@H]3CCCCN3C(=O)[C@@H]3CC(=O)N(C)C3)cc2N1. The van der Waals surface area contributed by atoms with Crippen LogP contribution in [0.4, 0.5) is 19.0 Å². The molecule has 0 aliphatic carbocycles. The molecular formula is C20H28F3N5O2. The van der Waals surface area contributed by atoms with Crippen molar-refractivity contribution in [2.75, 3.05) is 25.5 Å². The van der Waals surface area contributed by atoms with Crippen LogP contribution in [0.3, 0.4) is 0 Å². The summed E-state index contributed by atoms with van der Waals surface area (Å²) >= 11 is 0. The Kier molecular flexibility index (Phi) is 5.44. The highest BCUT2D eigenvalue weighted by Gasteiger charge is 2.47. The van der Waals surface area contributed by atoms with E-state index in [-0.39, 0.29) is 36.7 Å². The molecule has 2 saturated heterocycles. The van der Waals surface area contributed by atoms with Gasteiger partial charge in [0, 0.05) is 38.7 Å². The first kappa shape index (κ1) is 21.0. The lowest BCUT2D eigenvalue weighted by Gasteiger charge is -2.36. The molecule has 0 aromatic carbocycles. The van der Waals surface area contributed by atoms with Crippen LogP contribution in [0.2, 0.25) is 0 Å². The number of carbonyl (C=O) groups is 2. The molecule has 3 aliphatic rings. The summed E-state index contributed by atoms with van der Waals surface area (Å²) in [6, 6.07) is -0.622. The van der Waals surface area contributed by atoms with Crippen LogP contribution in [0.5, 0.6) is 0 Å². The van der Waals surface area contributed by atoms with E-state index in [0.717, 1.165) is 17.5 Å². The number of hydrogen-bond acceptors (Lipinski definition) is 4. The molecule has 4 heterocycles. The van der Waals surface area contributed by atoms with Crippen molar-refractivity contribution in [1.82, 2.24) is 19.6 Å². The highest BCUT2D eigenvalue weighted by Crippen LogP contribution is 2.42. The molecule has 1 N–H and O–H groups in total. The Hall–Kier alpha value is -2.26. The van der Waals surface area contributed by atoms with Gasteiger partial charge >= 0.3 is 6.18 Å². The van der Waals surface area contributed by atoms with Crippen LogP contribution in [-0.4, -0.2) is 63.7 Å². The van der Waals surface area contributed by atoms with Crippen LogP contribution >= 0.6 is 0 Å². The van der Waals surface area contributed by atoms with Gasteiger partial charge in [0.05, 0.1) is 17.7 Å². The average molecular weight is 427 g/mol. The number of hydrogen-bond donors (Lipinski definition) is 1. The molecule has 3 aliphatic heterocycles. The minimum atomic E-state index is -4.38. The second kappa shape index (κ2) is 7.77. The normalized spacial score (nSPS) is 29.7. The first-order valence-corrected chi connectivity index (χ1v) is 10.7. The standard InChI is InChI=1S/C20H28F3N5O2/c1-3-13-9-16(20(21,22)23)28-17(24-13)10-14(25-28)15-6-4-5-7-27(15)19(30)12-8-18(29)26(2)11-12/h10,12-13,15-16,24H,3-9,11H2,1-2H3/t12-,13-,15+,16-/m1/s1. The lowest BCUT2D eigenvalue weighted by Crippen LogP contribution is -2.43. The Balaban J connectivity index is 1.62. The number of halogens is 3. The molecule has 1 aromatic rings. The summed E-state index contributed by atoms with van der Waals surface area (Å²) in [6.07, 6.45) is -1.28. The van der Waals surface area contributed by atoms with Gasteiger partial charge in [0.2, 0.25) is 11.8 Å². The number of alkyl halides is 3. The molecule has 166 valence electrons. The van der Waals surface area contributed by atoms with Crippen LogP contribution in [0, 0.1) is 5.92 Å². The first-order chi connectivity index (χ1) is 14.2. The van der Waals surface area contributed by atoms with Gasteiger partial charge in [-0.15, -0.1) is 0 Å². The summed E-state index contributed by atoms with van der Waals surface area (Å²) < 4.78 is 42.1. The molecule has 0 spiro atoms. The van der Waals surface area contributed by atoms with Crippen LogP contribution in [0.1, 0.15) is 63.2 Å². The summed E-state index contributed by atoms with van der Waals surface area (Å²) in [5.74, 6) is -0.192. The van der Waals surface area contributed by atoms with Crippen LogP contribution < -0.4 is 5.32 Å². The number of fused-ring (bicyclic) bond motifs is 1. The van der Waals surface area contributed by atoms with E-state index >= 15 is 0 Å². The Morgan fingerprint density at radius 2 is 2.10 bits per heavy atom. The van der Waals surface area contributed by atoms with Crippen LogP contribution in [-0.2, 0) is 9.59 Å². The first-order valence-electron chi connectivity index (χ1n) is 10.7. The van der Waals surface area contributed by atoms with Crippen molar-refractivity contribution in [3.05, 3.63) is 11.8 Å². The van der Waals surface area contributed by atoms with E-state index in [1.54, 1.807) is 22.9 Å². The maximum Gasteiger partial charge on any atom is 0.410 e. The summed E-state index contributed by atoms with van der Waals surface area (Å²) in [6.45, 7) is 2.78. The number of anilines is 1. The smallest absolute Gasteiger partial charge is 0.367 e. The van der Waals surface area contributed by atoms with Crippen molar-refractivity contribution in [2.45, 2.75) is 69.8 Å². The predicted molar refractivity (Wildman–Crippen MR) is 104 cm³/mol. The number of carbonyl (C=O) groups excluding carboxylic acids is 2. The molecule has 0 bridgehead atoms. The maximum atomic E-state index is 13.7. The van der Waals surface area contributed by atoms with E-state index in [4.69, 9.17) is 0 Å². The molecule has 1 aromatic heterocycles. The topological polar surface area (TPSA) is 70.5 Å². The molecule has 30 heavy (non-hydrogen) atoms. The van der Waals surface area contributed by atoms with Gasteiger partial charge in [-0.3, -0.25) is 9.59 Å². The zero-order valence-electron chi connectivity index (χ0n) is 17.3. The lowest BCUT2D eigenvalue weighted by molar-refractivity contribution is -0.173. The Bertz CT molecular complexity index is 824. The van der Waals surface area contributed by atoms with Gasteiger partial charge in [-0.05, 0) is 32.1 Å². The summed E-state index contributed by atoms with van der Waals surface area (Å²) in [5, 5.41) is 7.51. The minimum absolute atomic E-state index is 0.0535. The number of piperidine rings is 1. The molecule has 0 unspecified atom stereocenters. The summed E-state index contributed by atoms with van der Waals surface area (Å²) in [4.78, 5) is 28.3. The van der Waals surface area contributed by atoms with Crippen LogP contribution in [0.15, 0.2) is 6.07 Å². The molecule has 0 saturated carbocycles. The van der Waals surface area contributed by atoms with E-state index in [1.165, 1.54) is 0 Å². The van der Waals surface area contributed by atoms with E-state index < -0.39 is 18.1 Å². The lowest BCUT2D eigenvalue weighted by atomic mass is 9.96.